The fourth-order valence-electron chi connectivity index (χ4n) is 0.635. The Morgan fingerprint density at radius 2 is 1.62 bits per heavy atom. The van der Waals surface area contributed by atoms with Gasteiger partial charge < -0.3 is 13.3 Å². The van der Waals surface area contributed by atoms with Crippen molar-refractivity contribution in [2.45, 2.75) is 27.2 Å². The summed E-state index contributed by atoms with van der Waals surface area (Å²) in [4.78, 5) is 0. The van der Waals surface area contributed by atoms with E-state index in [1.54, 1.807) is 13.8 Å². The summed E-state index contributed by atoms with van der Waals surface area (Å²) in [5.41, 5.74) is 0. The van der Waals surface area contributed by atoms with Gasteiger partial charge in [0.2, 0.25) is 0 Å². The fourth-order valence-corrected chi connectivity index (χ4v) is 1.90. The molecule has 3 nitrogen and oxygen atoms in total. The van der Waals surface area contributed by atoms with Crippen LogP contribution in [-0.2, 0) is 13.3 Å². The van der Waals surface area contributed by atoms with Crippen LogP contribution in [0.15, 0.2) is 24.7 Å². The third-order valence-electron chi connectivity index (χ3n) is 1.05. The number of rotatable bonds is 7. The second-order valence-electron chi connectivity index (χ2n) is 2.80. The van der Waals surface area contributed by atoms with E-state index < -0.39 is 9.53 Å². The Morgan fingerprint density at radius 1 is 1.15 bits per heavy atom. The zero-order chi connectivity index (χ0) is 10.3. The predicted octanol–water partition coefficient (Wildman–Crippen LogP) is 2.23. The van der Waals surface area contributed by atoms with E-state index in [9.17, 15) is 0 Å². The maximum Gasteiger partial charge on any atom is 0.615 e. The van der Waals surface area contributed by atoms with Gasteiger partial charge in [-0.05, 0) is 20.3 Å². The largest absolute Gasteiger partial charge is 0.615 e. The minimum absolute atomic E-state index is 0.619. The van der Waals surface area contributed by atoms with Crippen LogP contribution in [0.2, 0.25) is 0 Å². The van der Waals surface area contributed by atoms with Gasteiger partial charge >= 0.3 is 9.53 Å². The molecule has 0 fully saturated rings. The van der Waals surface area contributed by atoms with Crippen LogP contribution in [0.5, 0.6) is 0 Å². The average molecular weight is 202 g/mol. The lowest BCUT2D eigenvalue weighted by molar-refractivity contribution is 0.147. The molecule has 0 saturated heterocycles. The van der Waals surface area contributed by atoms with E-state index >= 15 is 0 Å². The molecular weight excluding hydrogens is 184 g/mol. The second kappa shape index (κ2) is 6.74. The van der Waals surface area contributed by atoms with Crippen LogP contribution in [0.25, 0.3) is 0 Å². The third-order valence-corrected chi connectivity index (χ3v) is 2.75. The normalized spacial score (nSPS) is 9.85. The van der Waals surface area contributed by atoms with E-state index in [1.807, 2.05) is 6.92 Å². The first-order chi connectivity index (χ1) is 6.06. The first-order valence-corrected chi connectivity index (χ1v) is 5.73. The highest BCUT2D eigenvalue weighted by Gasteiger charge is 2.17. The van der Waals surface area contributed by atoms with Crippen LogP contribution in [0.1, 0.15) is 27.2 Å². The molecule has 0 spiro atoms. The minimum atomic E-state index is -2.07. The summed E-state index contributed by atoms with van der Waals surface area (Å²) in [6, 6.07) is 0. The van der Waals surface area contributed by atoms with Gasteiger partial charge in [0.05, 0.1) is 11.5 Å². The molecule has 0 heterocycles. The standard InChI is InChI=1S/C9H18O3Si/c1-6-7-10-13(11-8(2)3)12-9(4)5/h13H,2,4,6-7H2,1,3,5H3. The van der Waals surface area contributed by atoms with Crippen molar-refractivity contribution in [2.75, 3.05) is 6.61 Å². The van der Waals surface area contributed by atoms with E-state index in [1.165, 1.54) is 0 Å². The molecule has 0 aliphatic carbocycles. The third kappa shape index (κ3) is 7.61. The second-order valence-corrected chi connectivity index (χ2v) is 4.18. The molecule has 13 heavy (non-hydrogen) atoms. The molecule has 0 N–H and O–H groups in total. The lowest BCUT2D eigenvalue weighted by Crippen LogP contribution is -2.26. The molecule has 0 aliphatic rings. The summed E-state index contributed by atoms with van der Waals surface area (Å²) in [7, 11) is -2.07. The van der Waals surface area contributed by atoms with Gasteiger partial charge in [0.25, 0.3) is 0 Å². The SMILES string of the molecule is C=C(C)O[SiH](OCCC)OC(=C)C. The van der Waals surface area contributed by atoms with Crippen molar-refractivity contribution in [1.29, 1.82) is 0 Å². The maximum atomic E-state index is 5.39. The van der Waals surface area contributed by atoms with Crippen molar-refractivity contribution in [3.8, 4) is 0 Å². The number of hydrogen-bond donors (Lipinski definition) is 0. The Balaban J connectivity index is 3.87. The van der Waals surface area contributed by atoms with Gasteiger partial charge in [0.1, 0.15) is 0 Å². The average Bonchev–Trinajstić information content (AvgIpc) is 1.98. The first kappa shape index (κ1) is 12.3. The van der Waals surface area contributed by atoms with Crippen LogP contribution in [0.4, 0.5) is 0 Å². The van der Waals surface area contributed by atoms with Crippen molar-refractivity contribution in [1.82, 2.24) is 0 Å². The fraction of sp³-hybridized carbons (Fsp3) is 0.556. The Kier molecular flexibility index (Phi) is 6.35. The van der Waals surface area contributed by atoms with Gasteiger partial charge in [-0.25, -0.2) is 0 Å². The topological polar surface area (TPSA) is 27.7 Å². The molecule has 0 saturated carbocycles. The molecule has 0 aliphatic heterocycles. The van der Waals surface area contributed by atoms with Crippen molar-refractivity contribution >= 4 is 9.53 Å². The van der Waals surface area contributed by atoms with E-state index in [0.29, 0.717) is 18.1 Å². The minimum Gasteiger partial charge on any atom is -0.499 e. The molecule has 0 amide bonds. The summed E-state index contributed by atoms with van der Waals surface area (Å²) in [5.74, 6) is 1.24. The highest BCUT2D eigenvalue weighted by Crippen LogP contribution is 2.04. The summed E-state index contributed by atoms with van der Waals surface area (Å²) in [5, 5.41) is 0. The van der Waals surface area contributed by atoms with Crippen LogP contribution < -0.4 is 0 Å². The van der Waals surface area contributed by atoms with Crippen LogP contribution in [0, 0.1) is 0 Å². The van der Waals surface area contributed by atoms with Crippen molar-refractivity contribution in [3.63, 3.8) is 0 Å². The summed E-state index contributed by atoms with van der Waals surface area (Å²) in [6.45, 7) is 13.5. The molecular formula is C9H18O3Si. The van der Waals surface area contributed by atoms with Crippen molar-refractivity contribution in [2.24, 2.45) is 0 Å². The van der Waals surface area contributed by atoms with Gasteiger partial charge in [-0.15, -0.1) is 0 Å². The first-order valence-electron chi connectivity index (χ1n) is 4.32. The lowest BCUT2D eigenvalue weighted by Gasteiger charge is -2.17. The van der Waals surface area contributed by atoms with E-state index in [0.717, 1.165) is 6.42 Å². The molecule has 0 unspecified atom stereocenters. The molecule has 0 aromatic rings. The van der Waals surface area contributed by atoms with E-state index in [2.05, 4.69) is 13.2 Å². The smallest absolute Gasteiger partial charge is 0.499 e. The molecule has 0 radical (unpaired) electrons. The van der Waals surface area contributed by atoms with E-state index in [4.69, 9.17) is 13.3 Å². The Bertz CT molecular complexity index is 164. The van der Waals surface area contributed by atoms with Crippen molar-refractivity contribution in [3.05, 3.63) is 24.7 Å². The Hall–Kier alpha value is -0.743. The van der Waals surface area contributed by atoms with Gasteiger partial charge in [0.15, 0.2) is 0 Å². The zero-order valence-electron chi connectivity index (χ0n) is 8.63. The van der Waals surface area contributed by atoms with Gasteiger partial charge in [-0.2, -0.15) is 0 Å². The zero-order valence-corrected chi connectivity index (χ0v) is 9.79. The molecule has 4 heteroatoms. The van der Waals surface area contributed by atoms with Gasteiger partial charge in [-0.1, -0.05) is 20.1 Å². The van der Waals surface area contributed by atoms with Crippen LogP contribution >= 0.6 is 0 Å². The summed E-state index contributed by atoms with van der Waals surface area (Å²) < 4.78 is 16.0. The Morgan fingerprint density at radius 3 is 1.92 bits per heavy atom. The molecule has 0 aromatic heterocycles. The lowest BCUT2D eigenvalue weighted by atomic mass is 10.5. The number of allylic oxidation sites excluding steroid dienone is 2. The molecule has 76 valence electrons. The summed E-state index contributed by atoms with van der Waals surface area (Å²) in [6.07, 6.45) is 0.947. The van der Waals surface area contributed by atoms with E-state index in [-0.39, 0.29) is 0 Å². The monoisotopic (exact) mass is 202 g/mol. The van der Waals surface area contributed by atoms with Crippen molar-refractivity contribution < 1.29 is 13.3 Å². The molecule has 0 aromatic carbocycles. The van der Waals surface area contributed by atoms with Gasteiger partial charge in [-0.3, -0.25) is 0 Å². The Labute approximate surface area is 82.0 Å². The predicted molar refractivity (Wildman–Crippen MR) is 55.2 cm³/mol. The number of hydrogen-bond acceptors (Lipinski definition) is 3. The van der Waals surface area contributed by atoms with Crippen LogP contribution in [0.3, 0.4) is 0 Å². The quantitative estimate of drug-likeness (QED) is 0.468. The molecule has 0 bridgehead atoms. The summed E-state index contributed by atoms with van der Waals surface area (Å²) >= 11 is 0. The van der Waals surface area contributed by atoms with Gasteiger partial charge in [0, 0.05) is 6.61 Å². The highest BCUT2D eigenvalue weighted by molar-refractivity contribution is 6.37. The van der Waals surface area contributed by atoms with Crippen LogP contribution in [-0.4, -0.2) is 16.1 Å². The molecule has 0 atom stereocenters. The highest BCUT2D eigenvalue weighted by atomic mass is 28.3. The molecule has 0 rings (SSSR count). The maximum absolute atomic E-state index is 5.39.